The summed E-state index contributed by atoms with van der Waals surface area (Å²) >= 11 is 0. The van der Waals surface area contributed by atoms with Gasteiger partial charge in [-0.2, -0.15) is 0 Å². The molecule has 5 nitrogen and oxygen atoms in total. The molecule has 2 atom stereocenters. The fourth-order valence-electron chi connectivity index (χ4n) is 1.89. The standard InChI is InChI=1S/C11H20N2O3/c1-4-8(2)13-7-5-6-9(10(13)14)12-11(15)16-3/h8-9H,4-7H2,1-3H3,(H,12,15)/t8-,9+/m0/s1. The number of carbonyl (C=O) groups excluding carboxylic acids is 2. The zero-order valence-corrected chi connectivity index (χ0v) is 10.2. The normalized spacial score (nSPS) is 22.8. The molecule has 16 heavy (non-hydrogen) atoms. The number of methoxy groups -OCH3 is 1. The lowest BCUT2D eigenvalue weighted by Gasteiger charge is -2.36. The van der Waals surface area contributed by atoms with E-state index in [4.69, 9.17) is 0 Å². The number of ether oxygens (including phenoxy) is 1. The topological polar surface area (TPSA) is 58.6 Å². The maximum Gasteiger partial charge on any atom is 0.407 e. The molecule has 0 bridgehead atoms. The van der Waals surface area contributed by atoms with Gasteiger partial charge in [0.2, 0.25) is 5.91 Å². The van der Waals surface area contributed by atoms with Gasteiger partial charge in [0.1, 0.15) is 6.04 Å². The maximum atomic E-state index is 12.0. The van der Waals surface area contributed by atoms with Gasteiger partial charge in [-0.25, -0.2) is 4.79 Å². The summed E-state index contributed by atoms with van der Waals surface area (Å²) < 4.78 is 4.50. The maximum absolute atomic E-state index is 12.0. The third-order valence-corrected chi connectivity index (χ3v) is 3.07. The Morgan fingerprint density at radius 1 is 1.69 bits per heavy atom. The number of alkyl carbamates (subject to hydrolysis) is 1. The Morgan fingerprint density at radius 2 is 2.38 bits per heavy atom. The highest BCUT2D eigenvalue weighted by Gasteiger charge is 2.31. The molecule has 0 spiro atoms. The lowest BCUT2D eigenvalue weighted by molar-refractivity contribution is -0.138. The van der Waals surface area contributed by atoms with E-state index in [-0.39, 0.29) is 11.9 Å². The Hall–Kier alpha value is -1.26. The van der Waals surface area contributed by atoms with Crippen LogP contribution in [0.25, 0.3) is 0 Å². The molecule has 1 fully saturated rings. The van der Waals surface area contributed by atoms with Crippen LogP contribution >= 0.6 is 0 Å². The van der Waals surface area contributed by atoms with Crippen molar-refractivity contribution >= 4 is 12.0 Å². The fraction of sp³-hybridized carbons (Fsp3) is 0.818. The number of rotatable bonds is 3. The first-order chi connectivity index (χ1) is 7.60. The summed E-state index contributed by atoms with van der Waals surface area (Å²) in [5.74, 6) is 0.00556. The van der Waals surface area contributed by atoms with Crippen molar-refractivity contribution in [3.63, 3.8) is 0 Å². The van der Waals surface area contributed by atoms with E-state index in [1.807, 2.05) is 11.8 Å². The van der Waals surface area contributed by atoms with Gasteiger partial charge in [-0.3, -0.25) is 4.79 Å². The summed E-state index contributed by atoms with van der Waals surface area (Å²) in [5, 5.41) is 2.57. The number of hydrogen-bond donors (Lipinski definition) is 1. The molecule has 0 unspecified atom stereocenters. The average molecular weight is 228 g/mol. The molecule has 1 rings (SSSR count). The van der Waals surface area contributed by atoms with Crippen molar-refractivity contribution in [3.8, 4) is 0 Å². The largest absolute Gasteiger partial charge is 0.453 e. The number of likely N-dealkylation sites (tertiary alicyclic amines) is 1. The molecule has 0 saturated carbocycles. The van der Waals surface area contributed by atoms with E-state index in [1.165, 1.54) is 7.11 Å². The van der Waals surface area contributed by atoms with Crippen molar-refractivity contribution in [2.45, 2.75) is 45.2 Å². The second-order valence-corrected chi connectivity index (χ2v) is 4.12. The molecular formula is C11H20N2O3. The van der Waals surface area contributed by atoms with E-state index in [1.54, 1.807) is 0 Å². The number of piperidine rings is 1. The van der Waals surface area contributed by atoms with Crippen molar-refractivity contribution in [2.75, 3.05) is 13.7 Å². The van der Waals surface area contributed by atoms with E-state index < -0.39 is 12.1 Å². The van der Waals surface area contributed by atoms with E-state index in [2.05, 4.69) is 17.0 Å². The third-order valence-electron chi connectivity index (χ3n) is 3.07. The molecule has 0 aromatic rings. The number of nitrogens with one attached hydrogen (secondary N) is 1. The lowest BCUT2D eigenvalue weighted by Crippen LogP contribution is -2.54. The van der Waals surface area contributed by atoms with Crippen LogP contribution in [0.5, 0.6) is 0 Å². The van der Waals surface area contributed by atoms with Crippen LogP contribution in [0.1, 0.15) is 33.1 Å². The lowest BCUT2D eigenvalue weighted by atomic mass is 10.0. The van der Waals surface area contributed by atoms with Crippen LogP contribution in [-0.4, -0.2) is 42.6 Å². The van der Waals surface area contributed by atoms with Gasteiger partial charge in [-0.15, -0.1) is 0 Å². The Kier molecular flexibility index (Phi) is 4.58. The molecule has 2 amide bonds. The summed E-state index contributed by atoms with van der Waals surface area (Å²) in [7, 11) is 1.30. The van der Waals surface area contributed by atoms with Gasteiger partial charge in [-0.05, 0) is 26.2 Å². The Morgan fingerprint density at radius 3 is 2.94 bits per heavy atom. The molecular weight excluding hydrogens is 208 g/mol. The van der Waals surface area contributed by atoms with Crippen molar-refractivity contribution in [1.29, 1.82) is 0 Å². The minimum absolute atomic E-state index is 0.00556. The number of nitrogens with zero attached hydrogens (tertiary/aromatic N) is 1. The summed E-state index contributed by atoms with van der Waals surface area (Å²) in [5.41, 5.74) is 0. The van der Waals surface area contributed by atoms with Crippen molar-refractivity contribution < 1.29 is 14.3 Å². The number of hydrogen-bond acceptors (Lipinski definition) is 3. The summed E-state index contributed by atoms with van der Waals surface area (Å²) in [6.07, 6.45) is 2.01. The molecule has 0 aromatic carbocycles. The fourth-order valence-corrected chi connectivity index (χ4v) is 1.89. The van der Waals surface area contributed by atoms with Crippen molar-refractivity contribution in [2.24, 2.45) is 0 Å². The first-order valence-corrected chi connectivity index (χ1v) is 5.75. The van der Waals surface area contributed by atoms with Crippen LogP contribution < -0.4 is 5.32 Å². The number of amides is 2. The molecule has 1 N–H and O–H groups in total. The van der Waals surface area contributed by atoms with E-state index in [0.717, 1.165) is 19.4 Å². The monoisotopic (exact) mass is 228 g/mol. The Bertz CT molecular complexity index is 268. The zero-order chi connectivity index (χ0) is 12.1. The first-order valence-electron chi connectivity index (χ1n) is 5.75. The predicted octanol–water partition coefficient (Wildman–Crippen LogP) is 1.13. The molecule has 0 radical (unpaired) electrons. The third kappa shape index (κ3) is 2.87. The molecule has 5 heteroatoms. The van der Waals surface area contributed by atoms with Gasteiger partial charge in [0.25, 0.3) is 0 Å². The van der Waals surface area contributed by atoms with Crippen LogP contribution in [0.3, 0.4) is 0 Å². The van der Waals surface area contributed by atoms with Crippen molar-refractivity contribution in [3.05, 3.63) is 0 Å². The van der Waals surface area contributed by atoms with Crippen LogP contribution in [0.15, 0.2) is 0 Å². The van der Waals surface area contributed by atoms with Crippen LogP contribution in [-0.2, 0) is 9.53 Å². The molecule has 0 aliphatic carbocycles. The Labute approximate surface area is 96.1 Å². The smallest absolute Gasteiger partial charge is 0.407 e. The second-order valence-electron chi connectivity index (χ2n) is 4.12. The summed E-state index contributed by atoms with van der Waals surface area (Å²) in [4.78, 5) is 24.9. The quantitative estimate of drug-likeness (QED) is 0.787. The predicted molar refractivity (Wildman–Crippen MR) is 60.0 cm³/mol. The zero-order valence-electron chi connectivity index (χ0n) is 10.2. The van der Waals surface area contributed by atoms with E-state index >= 15 is 0 Å². The minimum Gasteiger partial charge on any atom is -0.453 e. The highest BCUT2D eigenvalue weighted by Crippen LogP contribution is 2.16. The van der Waals surface area contributed by atoms with Crippen molar-refractivity contribution in [1.82, 2.24) is 10.2 Å². The molecule has 92 valence electrons. The SMILES string of the molecule is CC[C@H](C)N1CCC[C@@H](NC(=O)OC)C1=O. The second kappa shape index (κ2) is 5.72. The first kappa shape index (κ1) is 12.8. The average Bonchev–Trinajstić information content (AvgIpc) is 2.30. The molecule has 1 aliphatic rings. The van der Waals surface area contributed by atoms with Crippen LogP contribution in [0.4, 0.5) is 4.79 Å². The van der Waals surface area contributed by atoms with Gasteiger partial charge in [0.15, 0.2) is 0 Å². The molecule has 0 aromatic heterocycles. The number of carbonyl (C=O) groups is 2. The summed E-state index contributed by atoms with van der Waals surface area (Å²) in [6, 6.07) is -0.190. The van der Waals surface area contributed by atoms with Crippen LogP contribution in [0.2, 0.25) is 0 Å². The summed E-state index contributed by atoms with van der Waals surface area (Å²) in [6.45, 7) is 4.86. The van der Waals surface area contributed by atoms with E-state index in [9.17, 15) is 9.59 Å². The Balaban J connectivity index is 2.60. The van der Waals surface area contributed by atoms with Gasteiger partial charge in [0, 0.05) is 12.6 Å². The van der Waals surface area contributed by atoms with E-state index in [0.29, 0.717) is 6.42 Å². The highest BCUT2D eigenvalue weighted by atomic mass is 16.5. The minimum atomic E-state index is -0.538. The van der Waals surface area contributed by atoms with Gasteiger partial charge < -0.3 is 15.0 Å². The molecule has 1 heterocycles. The molecule has 1 saturated heterocycles. The van der Waals surface area contributed by atoms with Gasteiger partial charge in [0.05, 0.1) is 7.11 Å². The van der Waals surface area contributed by atoms with Crippen LogP contribution in [0, 0.1) is 0 Å². The van der Waals surface area contributed by atoms with Gasteiger partial charge in [-0.1, -0.05) is 6.92 Å². The highest BCUT2D eigenvalue weighted by molar-refractivity contribution is 5.86. The molecule has 1 aliphatic heterocycles. The van der Waals surface area contributed by atoms with Gasteiger partial charge >= 0.3 is 6.09 Å².